The van der Waals surface area contributed by atoms with Crippen LogP contribution in [-0.2, 0) is 6.42 Å². The van der Waals surface area contributed by atoms with Gasteiger partial charge in [-0.15, -0.1) is 0 Å². The number of rotatable bonds is 7. The SMILES string of the molecule is CCCNC(Cc1cccnc1)C(C)CC. The summed E-state index contributed by atoms with van der Waals surface area (Å²) in [4.78, 5) is 4.18. The Hall–Kier alpha value is -0.890. The number of nitrogens with zero attached hydrogens (tertiary/aromatic N) is 1. The maximum absolute atomic E-state index is 4.18. The largest absolute Gasteiger partial charge is 0.313 e. The van der Waals surface area contributed by atoms with Gasteiger partial charge in [-0.25, -0.2) is 0 Å². The highest BCUT2D eigenvalue weighted by molar-refractivity contribution is 5.10. The van der Waals surface area contributed by atoms with Gasteiger partial charge >= 0.3 is 0 Å². The Morgan fingerprint density at radius 2 is 2.19 bits per heavy atom. The molecular weight excluding hydrogens is 196 g/mol. The summed E-state index contributed by atoms with van der Waals surface area (Å²) in [5, 5.41) is 3.64. The van der Waals surface area contributed by atoms with Gasteiger partial charge in [0.05, 0.1) is 0 Å². The van der Waals surface area contributed by atoms with Gasteiger partial charge in [-0.2, -0.15) is 0 Å². The van der Waals surface area contributed by atoms with Crippen molar-refractivity contribution < 1.29 is 0 Å². The Morgan fingerprint density at radius 3 is 2.75 bits per heavy atom. The molecule has 0 aliphatic heterocycles. The van der Waals surface area contributed by atoms with Crippen molar-refractivity contribution in [1.82, 2.24) is 10.3 Å². The molecule has 16 heavy (non-hydrogen) atoms. The van der Waals surface area contributed by atoms with Crippen molar-refractivity contribution in [3.8, 4) is 0 Å². The molecule has 1 aromatic rings. The number of hydrogen-bond acceptors (Lipinski definition) is 2. The number of nitrogens with one attached hydrogen (secondary N) is 1. The van der Waals surface area contributed by atoms with Crippen molar-refractivity contribution in [1.29, 1.82) is 0 Å². The number of aromatic nitrogens is 1. The molecule has 0 saturated heterocycles. The predicted octanol–water partition coefficient (Wildman–Crippen LogP) is 3.04. The normalized spacial score (nSPS) is 14.7. The van der Waals surface area contributed by atoms with Crippen molar-refractivity contribution in [2.24, 2.45) is 5.92 Å². The average molecular weight is 220 g/mol. The molecule has 0 aliphatic rings. The maximum Gasteiger partial charge on any atom is 0.0300 e. The van der Waals surface area contributed by atoms with Crippen LogP contribution in [0.3, 0.4) is 0 Å². The molecule has 2 heteroatoms. The minimum atomic E-state index is 0.578. The smallest absolute Gasteiger partial charge is 0.0300 e. The Bertz CT molecular complexity index is 271. The molecule has 0 amide bonds. The summed E-state index contributed by atoms with van der Waals surface area (Å²) >= 11 is 0. The van der Waals surface area contributed by atoms with Crippen LogP contribution in [0, 0.1) is 5.92 Å². The Labute approximate surface area is 99.5 Å². The second-order valence-corrected chi connectivity index (χ2v) is 4.51. The molecule has 1 heterocycles. The third-order valence-corrected chi connectivity index (χ3v) is 3.17. The van der Waals surface area contributed by atoms with Gasteiger partial charge in [-0.3, -0.25) is 4.98 Å². The van der Waals surface area contributed by atoms with Crippen LogP contribution in [0.4, 0.5) is 0 Å². The summed E-state index contributed by atoms with van der Waals surface area (Å²) in [6.07, 6.45) is 7.31. The van der Waals surface area contributed by atoms with Crippen LogP contribution in [0.1, 0.15) is 39.2 Å². The summed E-state index contributed by atoms with van der Waals surface area (Å²) in [6, 6.07) is 4.76. The van der Waals surface area contributed by atoms with Crippen LogP contribution in [-0.4, -0.2) is 17.6 Å². The minimum absolute atomic E-state index is 0.578. The first-order chi connectivity index (χ1) is 7.77. The molecule has 2 unspecified atom stereocenters. The van der Waals surface area contributed by atoms with E-state index < -0.39 is 0 Å². The highest BCUT2D eigenvalue weighted by Gasteiger charge is 2.15. The van der Waals surface area contributed by atoms with Crippen molar-refractivity contribution in [3.05, 3.63) is 30.1 Å². The highest BCUT2D eigenvalue weighted by Crippen LogP contribution is 2.13. The van der Waals surface area contributed by atoms with Crippen LogP contribution in [0.5, 0.6) is 0 Å². The van der Waals surface area contributed by atoms with E-state index >= 15 is 0 Å². The zero-order chi connectivity index (χ0) is 11.8. The van der Waals surface area contributed by atoms with Crippen LogP contribution in [0.2, 0.25) is 0 Å². The fourth-order valence-electron chi connectivity index (χ4n) is 1.86. The third-order valence-electron chi connectivity index (χ3n) is 3.17. The van der Waals surface area contributed by atoms with Crippen LogP contribution in [0.25, 0.3) is 0 Å². The molecule has 2 atom stereocenters. The van der Waals surface area contributed by atoms with E-state index in [0.29, 0.717) is 12.0 Å². The van der Waals surface area contributed by atoms with Crippen LogP contribution in [0.15, 0.2) is 24.5 Å². The van der Waals surface area contributed by atoms with Gasteiger partial charge in [0.2, 0.25) is 0 Å². The zero-order valence-electron chi connectivity index (χ0n) is 10.7. The van der Waals surface area contributed by atoms with Gasteiger partial charge < -0.3 is 5.32 Å². The van der Waals surface area contributed by atoms with Crippen molar-refractivity contribution in [2.75, 3.05) is 6.54 Å². The Morgan fingerprint density at radius 1 is 1.38 bits per heavy atom. The molecule has 0 spiro atoms. The minimum Gasteiger partial charge on any atom is -0.313 e. The van der Waals surface area contributed by atoms with Gasteiger partial charge in [0.1, 0.15) is 0 Å². The van der Waals surface area contributed by atoms with E-state index in [9.17, 15) is 0 Å². The Kier molecular flexibility index (Phi) is 6.09. The second kappa shape index (κ2) is 7.39. The molecule has 0 bridgehead atoms. The molecule has 1 N–H and O–H groups in total. The van der Waals surface area contributed by atoms with E-state index in [-0.39, 0.29) is 0 Å². The maximum atomic E-state index is 4.18. The lowest BCUT2D eigenvalue weighted by Crippen LogP contribution is -2.37. The monoisotopic (exact) mass is 220 g/mol. The van der Waals surface area contributed by atoms with Crippen LogP contribution < -0.4 is 5.32 Å². The fourth-order valence-corrected chi connectivity index (χ4v) is 1.86. The first-order valence-electron chi connectivity index (χ1n) is 6.40. The van der Waals surface area contributed by atoms with Gasteiger partial charge in [0, 0.05) is 18.4 Å². The zero-order valence-corrected chi connectivity index (χ0v) is 10.7. The van der Waals surface area contributed by atoms with E-state index in [0.717, 1.165) is 13.0 Å². The quantitative estimate of drug-likeness (QED) is 0.764. The highest BCUT2D eigenvalue weighted by atomic mass is 14.9. The average Bonchev–Trinajstić information content (AvgIpc) is 2.34. The number of hydrogen-bond donors (Lipinski definition) is 1. The van der Waals surface area contributed by atoms with Crippen LogP contribution >= 0.6 is 0 Å². The van der Waals surface area contributed by atoms with Gasteiger partial charge in [-0.1, -0.05) is 33.3 Å². The Balaban J connectivity index is 2.56. The van der Waals surface area contributed by atoms with Crippen molar-refractivity contribution >= 4 is 0 Å². The lowest BCUT2D eigenvalue weighted by atomic mass is 9.93. The molecule has 0 radical (unpaired) electrons. The lowest BCUT2D eigenvalue weighted by molar-refractivity contribution is 0.364. The molecule has 0 fully saturated rings. The second-order valence-electron chi connectivity index (χ2n) is 4.51. The summed E-state index contributed by atoms with van der Waals surface area (Å²) in [5.74, 6) is 0.715. The molecule has 0 aliphatic carbocycles. The summed E-state index contributed by atoms with van der Waals surface area (Å²) in [5.41, 5.74) is 1.33. The van der Waals surface area contributed by atoms with E-state index in [4.69, 9.17) is 0 Å². The van der Waals surface area contributed by atoms with E-state index in [1.807, 2.05) is 18.5 Å². The first-order valence-corrected chi connectivity index (χ1v) is 6.40. The van der Waals surface area contributed by atoms with Crippen molar-refractivity contribution in [3.63, 3.8) is 0 Å². The van der Waals surface area contributed by atoms with Gasteiger partial charge in [0.25, 0.3) is 0 Å². The molecule has 90 valence electrons. The van der Waals surface area contributed by atoms with Gasteiger partial charge in [0.15, 0.2) is 0 Å². The third kappa shape index (κ3) is 4.31. The predicted molar refractivity (Wildman–Crippen MR) is 69.5 cm³/mol. The molecule has 1 aromatic heterocycles. The molecule has 0 saturated carbocycles. The van der Waals surface area contributed by atoms with Crippen molar-refractivity contribution in [2.45, 2.75) is 46.1 Å². The van der Waals surface area contributed by atoms with E-state index in [1.165, 1.54) is 18.4 Å². The summed E-state index contributed by atoms with van der Waals surface area (Å²) in [6.45, 7) is 7.90. The number of pyridine rings is 1. The summed E-state index contributed by atoms with van der Waals surface area (Å²) in [7, 11) is 0. The van der Waals surface area contributed by atoms with E-state index in [1.54, 1.807) is 0 Å². The lowest BCUT2D eigenvalue weighted by Gasteiger charge is -2.24. The molecule has 2 nitrogen and oxygen atoms in total. The molecule has 1 rings (SSSR count). The fraction of sp³-hybridized carbons (Fsp3) is 0.643. The van der Waals surface area contributed by atoms with E-state index in [2.05, 4.69) is 37.1 Å². The summed E-state index contributed by atoms with van der Waals surface area (Å²) < 4.78 is 0. The topological polar surface area (TPSA) is 24.9 Å². The standard InChI is InChI=1S/C14H24N2/c1-4-8-16-14(12(3)5-2)10-13-7-6-9-15-11-13/h6-7,9,11-12,14,16H,4-5,8,10H2,1-3H3. The van der Waals surface area contributed by atoms with Gasteiger partial charge in [-0.05, 0) is 36.9 Å². The molecular formula is C14H24N2. The first kappa shape index (κ1) is 13.2. The molecule has 0 aromatic carbocycles.